The summed E-state index contributed by atoms with van der Waals surface area (Å²) in [4.78, 5) is 12.8. The molecule has 2 atom stereocenters. The number of aryl methyl sites for hydroxylation is 3. The highest BCUT2D eigenvalue weighted by Gasteiger charge is 2.24. The van der Waals surface area contributed by atoms with Crippen LogP contribution in [0.2, 0.25) is 0 Å². The van der Waals surface area contributed by atoms with Crippen molar-refractivity contribution in [3.8, 4) is 5.75 Å². The van der Waals surface area contributed by atoms with Crippen molar-refractivity contribution in [3.05, 3.63) is 34.6 Å². The van der Waals surface area contributed by atoms with E-state index in [-0.39, 0.29) is 11.9 Å². The predicted molar refractivity (Wildman–Crippen MR) is 122 cm³/mol. The van der Waals surface area contributed by atoms with Gasteiger partial charge in [0.1, 0.15) is 17.1 Å². The molecule has 1 amide bonds. The summed E-state index contributed by atoms with van der Waals surface area (Å²) in [6, 6.07) is 2.47. The summed E-state index contributed by atoms with van der Waals surface area (Å²) in [7, 11) is 0. The van der Waals surface area contributed by atoms with E-state index in [0.717, 1.165) is 53.1 Å². The summed E-state index contributed by atoms with van der Waals surface area (Å²) in [6.45, 7) is 8.91. The molecule has 4 rings (SSSR count). The third kappa shape index (κ3) is 4.01. The Morgan fingerprint density at radius 2 is 2.00 bits per heavy atom. The summed E-state index contributed by atoms with van der Waals surface area (Å²) in [5.41, 5.74) is 5.27. The summed E-state index contributed by atoms with van der Waals surface area (Å²) >= 11 is 0. The smallest absolute Gasteiger partial charge is 0.244 e. The number of benzene rings is 1. The summed E-state index contributed by atoms with van der Waals surface area (Å²) < 4.78 is 12.3. The van der Waals surface area contributed by atoms with Crippen LogP contribution in [-0.2, 0) is 17.6 Å². The van der Waals surface area contributed by atoms with Gasteiger partial charge in [-0.25, -0.2) is 0 Å². The van der Waals surface area contributed by atoms with Gasteiger partial charge in [0, 0.05) is 40.6 Å². The van der Waals surface area contributed by atoms with Crippen molar-refractivity contribution in [3.63, 3.8) is 0 Å². The Hall–Kier alpha value is -2.23. The number of hydrogen-bond acceptors (Lipinski definition) is 3. The van der Waals surface area contributed by atoms with Crippen molar-refractivity contribution in [1.82, 2.24) is 5.32 Å². The first kappa shape index (κ1) is 21.0. The molecule has 1 heterocycles. The first-order valence-corrected chi connectivity index (χ1v) is 11.7. The molecule has 0 spiro atoms. The van der Waals surface area contributed by atoms with E-state index in [1.807, 2.05) is 13.8 Å². The van der Waals surface area contributed by atoms with Crippen LogP contribution in [0.25, 0.3) is 16.5 Å². The highest BCUT2D eigenvalue weighted by atomic mass is 16.5. The summed E-state index contributed by atoms with van der Waals surface area (Å²) in [5, 5.41) is 4.43. The third-order valence-electron chi connectivity index (χ3n) is 6.93. The van der Waals surface area contributed by atoms with Crippen LogP contribution in [0, 0.1) is 12.8 Å². The molecule has 0 bridgehead atoms. The van der Waals surface area contributed by atoms with Gasteiger partial charge in [-0.2, -0.15) is 0 Å². The van der Waals surface area contributed by atoms with Gasteiger partial charge in [-0.05, 0) is 70.4 Å². The lowest BCUT2D eigenvalue weighted by Gasteiger charge is -2.29. The molecule has 162 valence electrons. The van der Waals surface area contributed by atoms with Crippen molar-refractivity contribution in [2.75, 3.05) is 6.61 Å². The van der Waals surface area contributed by atoms with E-state index in [2.05, 4.69) is 25.2 Å². The number of fused-ring (bicyclic) bond motifs is 3. The fourth-order valence-electron chi connectivity index (χ4n) is 5.19. The Labute approximate surface area is 180 Å². The van der Waals surface area contributed by atoms with Crippen molar-refractivity contribution < 1.29 is 13.9 Å². The highest BCUT2D eigenvalue weighted by molar-refractivity contribution is 5.98. The maximum Gasteiger partial charge on any atom is 0.244 e. The number of furan rings is 1. The van der Waals surface area contributed by atoms with Crippen molar-refractivity contribution >= 4 is 22.4 Å². The van der Waals surface area contributed by atoms with Crippen molar-refractivity contribution in [1.29, 1.82) is 0 Å². The van der Waals surface area contributed by atoms with E-state index in [1.165, 1.54) is 43.1 Å². The molecule has 2 aliphatic rings. The minimum atomic E-state index is 0.000621. The normalized spacial score (nSPS) is 22.1. The van der Waals surface area contributed by atoms with Crippen LogP contribution in [0.4, 0.5) is 0 Å². The second-order valence-corrected chi connectivity index (χ2v) is 9.10. The lowest BCUT2D eigenvalue weighted by atomic mass is 9.86. The molecule has 4 nitrogen and oxygen atoms in total. The van der Waals surface area contributed by atoms with Gasteiger partial charge in [0.05, 0.1) is 6.61 Å². The van der Waals surface area contributed by atoms with Gasteiger partial charge in [-0.1, -0.05) is 19.8 Å². The SMILES string of the molecule is CCOc1c(/C(C)=C/C(=O)NC2CCCCC2C)cc2c3c(oc2c1C)CCCC3. The predicted octanol–water partition coefficient (Wildman–Crippen LogP) is 6.12. The minimum absolute atomic E-state index is 0.000621. The number of nitrogens with one attached hydrogen (secondary N) is 1. The molecule has 1 aromatic heterocycles. The van der Waals surface area contributed by atoms with Gasteiger partial charge in [0.15, 0.2) is 0 Å². The molecule has 1 fully saturated rings. The molecule has 1 aromatic carbocycles. The number of rotatable bonds is 5. The topological polar surface area (TPSA) is 51.5 Å². The molecule has 0 radical (unpaired) electrons. The van der Waals surface area contributed by atoms with Crippen LogP contribution >= 0.6 is 0 Å². The monoisotopic (exact) mass is 409 g/mol. The van der Waals surface area contributed by atoms with E-state index in [0.29, 0.717) is 12.5 Å². The lowest BCUT2D eigenvalue weighted by molar-refractivity contribution is -0.117. The largest absolute Gasteiger partial charge is 0.493 e. The van der Waals surface area contributed by atoms with Gasteiger partial charge in [-0.3, -0.25) is 4.79 Å². The van der Waals surface area contributed by atoms with E-state index in [1.54, 1.807) is 6.08 Å². The third-order valence-corrected chi connectivity index (χ3v) is 6.93. The zero-order valence-electron chi connectivity index (χ0n) is 18.9. The number of ether oxygens (including phenoxy) is 1. The Morgan fingerprint density at radius 3 is 2.77 bits per heavy atom. The van der Waals surface area contributed by atoms with Gasteiger partial charge in [0.2, 0.25) is 5.91 Å². The molecule has 2 unspecified atom stereocenters. The fourth-order valence-corrected chi connectivity index (χ4v) is 5.19. The average molecular weight is 410 g/mol. The molecular weight excluding hydrogens is 374 g/mol. The maximum absolute atomic E-state index is 12.8. The van der Waals surface area contributed by atoms with Crippen LogP contribution in [0.5, 0.6) is 5.75 Å². The van der Waals surface area contributed by atoms with Gasteiger partial charge >= 0.3 is 0 Å². The zero-order valence-corrected chi connectivity index (χ0v) is 18.9. The van der Waals surface area contributed by atoms with E-state index < -0.39 is 0 Å². The second kappa shape index (κ2) is 8.87. The van der Waals surface area contributed by atoms with Crippen molar-refractivity contribution in [2.24, 2.45) is 5.92 Å². The molecule has 1 N–H and O–H groups in total. The van der Waals surface area contributed by atoms with Crippen LogP contribution in [-0.4, -0.2) is 18.6 Å². The Bertz CT molecular complexity index is 969. The molecule has 1 saturated carbocycles. The second-order valence-electron chi connectivity index (χ2n) is 9.10. The van der Waals surface area contributed by atoms with E-state index in [9.17, 15) is 4.79 Å². The van der Waals surface area contributed by atoms with Crippen LogP contribution in [0.1, 0.15) is 81.7 Å². The lowest BCUT2D eigenvalue weighted by Crippen LogP contribution is -2.40. The van der Waals surface area contributed by atoms with Gasteiger partial charge in [-0.15, -0.1) is 0 Å². The first-order valence-electron chi connectivity index (χ1n) is 11.7. The summed E-state index contributed by atoms with van der Waals surface area (Å²) in [6.07, 6.45) is 11.0. The fraction of sp³-hybridized carbons (Fsp3) is 0.577. The number of amides is 1. The molecule has 2 aliphatic carbocycles. The quantitative estimate of drug-likeness (QED) is 0.606. The average Bonchev–Trinajstić information content (AvgIpc) is 3.10. The minimum Gasteiger partial charge on any atom is -0.493 e. The van der Waals surface area contributed by atoms with Crippen LogP contribution in [0.3, 0.4) is 0 Å². The molecule has 0 aliphatic heterocycles. The summed E-state index contributed by atoms with van der Waals surface area (Å²) in [5.74, 6) is 2.51. The Kier molecular flexibility index (Phi) is 6.21. The Morgan fingerprint density at radius 1 is 1.23 bits per heavy atom. The van der Waals surface area contributed by atoms with Gasteiger partial charge < -0.3 is 14.5 Å². The molecular formula is C26H35NO3. The highest BCUT2D eigenvalue weighted by Crippen LogP contribution is 2.41. The zero-order chi connectivity index (χ0) is 21.3. The van der Waals surface area contributed by atoms with E-state index >= 15 is 0 Å². The molecule has 0 saturated heterocycles. The first-order chi connectivity index (χ1) is 14.5. The number of allylic oxidation sites excluding steroid dienone is 1. The van der Waals surface area contributed by atoms with Gasteiger partial charge in [0.25, 0.3) is 0 Å². The molecule has 4 heteroatoms. The van der Waals surface area contributed by atoms with Crippen LogP contribution < -0.4 is 10.1 Å². The number of hydrogen-bond donors (Lipinski definition) is 1. The standard InChI is InChI=1S/C26H35NO3/c1-5-29-25-18(4)26-21(19-11-7-9-13-23(19)30-26)15-20(25)17(3)14-24(28)27-22-12-8-6-10-16(22)2/h14-16,22H,5-13H2,1-4H3,(H,27,28)/b17-14+. The van der Waals surface area contributed by atoms with E-state index in [4.69, 9.17) is 9.15 Å². The van der Waals surface area contributed by atoms with Crippen LogP contribution in [0.15, 0.2) is 16.6 Å². The number of carbonyl (C=O) groups is 1. The van der Waals surface area contributed by atoms with Crippen molar-refractivity contribution in [2.45, 2.75) is 85.1 Å². The Balaban J connectivity index is 1.69. The maximum atomic E-state index is 12.8. The molecule has 2 aromatic rings. The molecule has 30 heavy (non-hydrogen) atoms. The number of carbonyl (C=O) groups excluding carboxylic acids is 1.